The van der Waals surface area contributed by atoms with Crippen molar-refractivity contribution in [2.24, 2.45) is 0 Å². The molecule has 0 radical (unpaired) electrons. The molecule has 0 N–H and O–H groups in total. The van der Waals surface area contributed by atoms with E-state index in [1.54, 1.807) is 11.3 Å². The van der Waals surface area contributed by atoms with E-state index in [1.807, 2.05) is 0 Å². The molecule has 284 valence electrons. The van der Waals surface area contributed by atoms with E-state index >= 15 is 0 Å². The molecule has 0 amide bonds. The Morgan fingerprint density at radius 3 is 1.64 bits per heavy atom. The Kier molecular flexibility index (Phi) is 8.36. The predicted molar refractivity (Wildman–Crippen MR) is 258 cm³/mol. The molecule has 0 saturated carbocycles. The van der Waals surface area contributed by atoms with E-state index in [4.69, 9.17) is 15.0 Å². The van der Waals surface area contributed by atoms with E-state index < -0.39 is 0 Å². The molecule has 3 nitrogen and oxygen atoms in total. The van der Waals surface area contributed by atoms with Crippen LogP contribution >= 0.6 is 11.3 Å². The van der Waals surface area contributed by atoms with Crippen LogP contribution in [0.1, 0.15) is 0 Å². The first-order chi connectivity index (χ1) is 30.2. The largest absolute Gasteiger partial charge is 0.208 e. The Hall–Kier alpha value is -7.79. The van der Waals surface area contributed by atoms with Crippen molar-refractivity contribution < 1.29 is 0 Å². The molecule has 0 unspecified atom stereocenters. The topological polar surface area (TPSA) is 38.7 Å². The molecule has 0 aliphatic rings. The molecular weight excluding hydrogens is 759 g/mol. The second kappa shape index (κ2) is 14.5. The van der Waals surface area contributed by atoms with E-state index in [-0.39, 0.29) is 0 Å². The molecular formula is C57H35N3S. The van der Waals surface area contributed by atoms with Gasteiger partial charge >= 0.3 is 0 Å². The van der Waals surface area contributed by atoms with Crippen LogP contribution in [-0.4, -0.2) is 15.0 Å². The normalized spacial score (nSPS) is 11.6. The third kappa shape index (κ3) is 6.07. The van der Waals surface area contributed by atoms with Gasteiger partial charge in [-0.1, -0.05) is 188 Å². The average molecular weight is 794 g/mol. The van der Waals surface area contributed by atoms with Crippen molar-refractivity contribution in [2.45, 2.75) is 0 Å². The molecule has 61 heavy (non-hydrogen) atoms. The van der Waals surface area contributed by atoms with Crippen LogP contribution in [0.15, 0.2) is 212 Å². The lowest BCUT2D eigenvalue weighted by molar-refractivity contribution is 1.08. The van der Waals surface area contributed by atoms with Crippen LogP contribution in [0, 0.1) is 0 Å². The number of nitrogens with zero attached hydrogens (tertiary/aromatic N) is 3. The first-order valence-electron chi connectivity index (χ1n) is 20.6. The fourth-order valence-corrected chi connectivity index (χ4v) is 10.2. The summed E-state index contributed by atoms with van der Waals surface area (Å²) in [6.07, 6.45) is 0. The first-order valence-corrected chi connectivity index (χ1v) is 21.4. The lowest BCUT2D eigenvalue weighted by Crippen LogP contribution is -2.02. The SMILES string of the molecule is c1ccc(-c2ccc(-c3ccc(-c4nc(-c5c(-c6ccc7ccccc7c6)ccc6ccccc56)nc(-c5cccc6c5sc5ccccc56)n4)c4ccccc34)cc2)cc1. The zero-order valence-electron chi connectivity index (χ0n) is 33.0. The van der Waals surface area contributed by atoms with Gasteiger partial charge in [-0.15, -0.1) is 11.3 Å². The number of thiophene rings is 1. The van der Waals surface area contributed by atoms with Crippen molar-refractivity contribution in [1.82, 2.24) is 15.0 Å². The number of aromatic nitrogens is 3. The molecule has 0 aliphatic carbocycles. The zero-order chi connectivity index (χ0) is 40.3. The molecule has 2 aromatic heterocycles. The summed E-state index contributed by atoms with van der Waals surface area (Å²) in [5.74, 6) is 1.93. The summed E-state index contributed by atoms with van der Waals surface area (Å²) in [7, 11) is 0. The minimum Gasteiger partial charge on any atom is -0.208 e. The van der Waals surface area contributed by atoms with E-state index in [1.165, 1.54) is 42.1 Å². The standard InChI is InChI=1S/C57H35N3S/c1-2-13-36(14-3-1)38-25-28-40(29-26-38)43-33-34-50(47-20-9-8-19-46(43)47)55-58-56(51-23-12-22-49-48-21-10-11-24-52(48)61-54(49)51)60-57(59-55)53-44-18-7-6-16-39(44)31-32-45(53)42-30-27-37-15-4-5-17-41(37)35-42/h1-35H. The predicted octanol–water partition coefficient (Wildman–Crippen LogP) is 15.7. The molecule has 0 aliphatic heterocycles. The van der Waals surface area contributed by atoms with Gasteiger partial charge in [-0.3, -0.25) is 0 Å². The van der Waals surface area contributed by atoms with Crippen molar-refractivity contribution in [1.29, 1.82) is 0 Å². The van der Waals surface area contributed by atoms with Gasteiger partial charge in [0, 0.05) is 36.9 Å². The van der Waals surface area contributed by atoms with Gasteiger partial charge in [0.2, 0.25) is 0 Å². The van der Waals surface area contributed by atoms with E-state index in [2.05, 4.69) is 212 Å². The highest BCUT2D eigenvalue weighted by Crippen LogP contribution is 2.43. The third-order valence-electron chi connectivity index (χ3n) is 12.0. The van der Waals surface area contributed by atoms with Gasteiger partial charge in [0.25, 0.3) is 0 Å². The van der Waals surface area contributed by atoms with Crippen molar-refractivity contribution in [2.75, 3.05) is 0 Å². The molecule has 12 rings (SSSR count). The van der Waals surface area contributed by atoms with Gasteiger partial charge in [0.1, 0.15) is 0 Å². The summed E-state index contributed by atoms with van der Waals surface area (Å²) in [6.45, 7) is 0. The van der Waals surface area contributed by atoms with Crippen LogP contribution in [0.5, 0.6) is 0 Å². The minimum absolute atomic E-state index is 0.637. The van der Waals surface area contributed by atoms with E-state index in [0.29, 0.717) is 17.5 Å². The van der Waals surface area contributed by atoms with Gasteiger partial charge in [-0.2, -0.15) is 0 Å². The van der Waals surface area contributed by atoms with Gasteiger partial charge in [0.15, 0.2) is 17.5 Å². The molecule has 4 heteroatoms. The second-order valence-electron chi connectivity index (χ2n) is 15.5. The van der Waals surface area contributed by atoms with E-state index in [9.17, 15) is 0 Å². The zero-order valence-corrected chi connectivity index (χ0v) is 33.8. The van der Waals surface area contributed by atoms with Crippen LogP contribution < -0.4 is 0 Å². The van der Waals surface area contributed by atoms with Crippen molar-refractivity contribution in [3.05, 3.63) is 212 Å². The van der Waals surface area contributed by atoms with Gasteiger partial charge < -0.3 is 0 Å². The summed E-state index contributed by atoms with van der Waals surface area (Å²) in [5, 5.41) is 9.29. The molecule has 0 fully saturated rings. The Morgan fingerprint density at radius 2 is 0.820 bits per heavy atom. The Morgan fingerprint density at radius 1 is 0.279 bits per heavy atom. The molecule has 0 saturated heterocycles. The number of benzene rings is 10. The lowest BCUT2D eigenvalue weighted by atomic mass is 9.92. The van der Waals surface area contributed by atoms with Crippen LogP contribution in [-0.2, 0) is 0 Å². The van der Waals surface area contributed by atoms with Crippen molar-refractivity contribution in [3.8, 4) is 67.5 Å². The fraction of sp³-hybridized carbons (Fsp3) is 0. The van der Waals surface area contributed by atoms with Gasteiger partial charge in [-0.25, -0.2) is 15.0 Å². The second-order valence-corrected chi connectivity index (χ2v) is 16.6. The number of rotatable bonds is 6. The lowest BCUT2D eigenvalue weighted by Gasteiger charge is -2.16. The van der Waals surface area contributed by atoms with Crippen molar-refractivity contribution in [3.63, 3.8) is 0 Å². The van der Waals surface area contributed by atoms with Crippen molar-refractivity contribution >= 4 is 63.8 Å². The molecule has 12 aromatic rings. The molecule has 0 spiro atoms. The molecule has 2 heterocycles. The number of hydrogen-bond acceptors (Lipinski definition) is 4. The maximum Gasteiger partial charge on any atom is 0.165 e. The highest BCUT2D eigenvalue weighted by Gasteiger charge is 2.22. The monoisotopic (exact) mass is 793 g/mol. The summed E-state index contributed by atoms with van der Waals surface area (Å²) in [4.78, 5) is 16.4. The molecule has 10 aromatic carbocycles. The summed E-state index contributed by atoms with van der Waals surface area (Å²) >= 11 is 1.79. The van der Waals surface area contributed by atoms with E-state index in [0.717, 1.165) is 60.5 Å². The number of hydrogen-bond donors (Lipinski definition) is 0. The average Bonchev–Trinajstić information content (AvgIpc) is 3.72. The van der Waals surface area contributed by atoms with Crippen LogP contribution in [0.3, 0.4) is 0 Å². The maximum absolute atomic E-state index is 5.50. The minimum atomic E-state index is 0.637. The van der Waals surface area contributed by atoms with Crippen LogP contribution in [0.4, 0.5) is 0 Å². The quantitative estimate of drug-likeness (QED) is 0.168. The van der Waals surface area contributed by atoms with Gasteiger partial charge in [-0.05, 0) is 90.0 Å². The Balaban J connectivity index is 1.11. The van der Waals surface area contributed by atoms with Crippen LogP contribution in [0.25, 0.3) is 120 Å². The maximum atomic E-state index is 5.50. The summed E-state index contributed by atoms with van der Waals surface area (Å²) in [6, 6.07) is 75.8. The summed E-state index contributed by atoms with van der Waals surface area (Å²) < 4.78 is 2.41. The Labute approximate surface area is 356 Å². The fourth-order valence-electron chi connectivity index (χ4n) is 8.98. The Bertz CT molecular complexity index is 3650. The third-order valence-corrected chi connectivity index (χ3v) is 13.2. The first kappa shape index (κ1) is 35.2. The highest BCUT2D eigenvalue weighted by atomic mass is 32.1. The summed E-state index contributed by atoms with van der Waals surface area (Å²) in [5.41, 5.74) is 9.85. The smallest absolute Gasteiger partial charge is 0.165 e. The van der Waals surface area contributed by atoms with Gasteiger partial charge in [0.05, 0.1) is 0 Å². The highest BCUT2D eigenvalue weighted by molar-refractivity contribution is 7.26. The number of fused-ring (bicyclic) bond motifs is 6. The molecule has 0 bridgehead atoms. The van der Waals surface area contributed by atoms with Crippen LogP contribution in [0.2, 0.25) is 0 Å². The molecule has 0 atom stereocenters.